The largest absolute Gasteiger partial charge is 0.381 e. The number of morpholine rings is 1. The Morgan fingerprint density at radius 2 is 2.00 bits per heavy atom. The first kappa shape index (κ1) is 13.4. The molecule has 0 aromatic rings. The quantitative estimate of drug-likeness (QED) is 0.744. The minimum absolute atomic E-state index is 0.00560. The van der Waals surface area contributed by atoms with Crippen molar-refractivity contribution in [2.45, 2.75) is 38.6 Å². The average molecular weight is 231 g/mol. The van der Waals surface area contributed by atoms with E-state index < -0.39 is 5.60 Å². The molecule has 5 nitrogen and oxygen atoms in total. The van der Waals surface area contributed by atoms with E-state index in [0.29, 0.717) is 13.1 Å². The van der Waals surface area contributed by atoms with E-state index in [9.17, 15) is 9.90 Å². The number of amides is 1. The number of aliphatic hydroxyl groups is 1. The smallest absolute Gasteiger partial charge is 0.256 e. The summed E-state index contributed by atoms with van der Waals surface area (Å²) in [4.78, 5) is 13.7. The van der Waals surface area contributed by atoms with Crippen LogP contribution >= 0.6 is 0 Å². The molecule has 0 aromatic heterocycles. The molecule has 0 aromatic carbocycles. The van der Waals surface area contributed by atoms with Crippen LogP contribution in [-0.4, -0.2) is 60.5 Å². The number of hydrogen-bond donors (Lipinski definition) is 1. The molecule has 0 aliphatic carbocycles. The van der Waals surface area contributed by atoms with Crippen LogP contribution in [0, 0.1) is 0 Å². The van der Waals surface area contributed by atoms with Crippen molar-refractivity contribution in [2.75, 3.05) is 26.8 Å². The van der Waals surface area contributed by atoms with Crippen LogP contribution in [-0.2, 0) is 14.3 Å². The van der Waals surface area contributed by atoms with Crippen LogP contribution in [0.25, 0.3) is 0 Å². The third-order valence-electron chi connectivity index (χ3n) is 2.59. The molecule has 1 heterocycles. The summed E-state index contributed by atoms with van der Waals surface area (Å²) in [5, 5.41) is 9.95. The summed E-state index contributed by atoms with van der Waals surface area (Å²) >= 11 is 0. The summed E-state index contributed by atoms with van der Waals surface area (Å²) in [5.41, 5.74) is -1.45. The molecule has 5 heteroatoms. The first-order valence-corrected chi connectivity index (χ1v) is 5.53. The molecule has 0 saturated carbocycles. The number of rotatable bonds is 3. The Kier molecular flexibility index (Phi) is 4.29. The van der Waals surface area contributed by atoms with E-state index in [1.807, 2.05) is 13.8 Å². The first-order chi connectivity index (χ1) is 7.36. The minimum atomic E-state index is -1.45. The number of carbonyl (C=O) groups excluding carboxylic acids is 1. The Balaban J connectivity index is 2.65. The van der Waals surface area contributed by atoms with Gasteiger partial charge in [0, 0.05) is 20.2 Å². The van der Waals surface area contributed by atoms with Gasteiger partial charge in [0.05, 0.1) is 18.8 Å². The third-order valence-corrected chi connectivity index (χ3v) is 2.59. The fourth-order valence-corrected chi connectivity index (χ4v) is 2.03. The highest BCUT2D eigenvalue weighted by molar-refractivity contribution is 5.84. The molecule has 0 radical (unpaired) electrons. The Labute approximate surface area is 96.3 Å². The van der Waals surface area contributed by atoms with Crippen LogP contribution in [0.3, 0.4) is 0 Å². The van der Waals surface area contributed by atoms with Crippen molar-refractivity contribution in [1.29, 1.82) is 0 Å². The van der Waals surface area contributed by atoms with Gasteiger partial charge in [-0.1, -0.05) is 0 Å². The van der Waals surface area contributed by atoms with E-state index in [1.165, 1.54) is 14.0 Å². The van der Waals surface area contributed by atoms with E-state index in [4.69, 9.17) is 9.47 Å². The maximum atomic E-state index is 12.0. The van der Waals surface area contributed by atoms with Gasteiger partial charge in [-0.3, -0.25) is 4.79 Å². The van der Waals surface area contributed by atoms with Gasteiger partial charge in [-0.05, 0) is 20.8 Å². The number of methoxy groups -OCH3 is 1. The van der Waals surface area contributed by atoms with E-state index in [0.717, 1.165) is 0 Å². The summed E-state index contributed by atoms with van der Waals surface area (Å²) in [6.45, 7) is 6.35. The Morgan fingerprint density at radius 1 is 1.50 bits per heavy atom. The molecule has 1 saturated heterocycles. The van der Waals surface area contributed by atoms with Crippen molar-refractivity contribution in [1.82, 2.24) is 4.90 Å². The second-order valence-electron chi connectivity index (χ2n) is 4.67. The van der Waals surface area contributed by atoms with E-state index in [2.05, 4.69) is 0 Å². The lowest BCUT2D eigenvalue weighted by atomic mass is 10.1. The predicted molar refractivity (Wildman–Crippen MR) is 59.1 cm³/mol. The summed E-state index contributed by atoms with van der Waals surface area (Å²) in [6, 6.07) is 0. The second kappa shape index (κ2) is 5.12. The van der Waals surface area contributed by atoms with E-state index in [-0.39, 0.29) is 24.7 Å². The molecule has 16 heavy (non-hydrogen) atoms. The summed E-state index contributed by atoms with van der Waals surface area (Å²) in [5.74, 6) is -0.295. The lowest BCUT2D eigenvalue weighted by Gasteiger charge is -2.38. The van der Waals surface area contributed by atoms with Crippen LogP contribution in [0.15, 0.2) is 0 Å². The maximum Gasteiger partial charge on any atom is 0.256 e. The van der Waals surface area contributed by atoms with Crippen LogP contribution in [0.2, 0.25) is 0 Å². The highest BCUT2D eigenvalue weighted by Gasteiger charge is 2.37. The first-order valence-electron chi connectivity index (χ1n) is 5.53. The molecule has 1 fully saturated rings. The molecular formula is C11H21NO4. The van der Waals surface area contributed by atoms with Gasteiger partial charge in [-0.15, -0.1) is 0 Å². The van der Waals surface area contributed by atoms with Crippen LogP contribution in [0.1, 0.15) is 20.8 Å². The maximum absolute atomic E-state index is 12.0. The van der Waals surface area contributed by atoms with Crippen LogP contribution < -0.4 is 0 Å². The second-order valence-corrected chi connectivity index (χ2v) is 4.67. The minimum Gasteiger partial charge on any atom is -0.381 e. The van der Waals surface area contributed by atoms with Gasteiger partial charge in [-0.2, -0.15) is 0 Å². The zero-order valence-corrected chi connectivity index (χ0v) is 10.4. The van der Waals surface area contributed by atoms with Crippen molar-refractivity contribution < 1.29 is 19.4 Å². The molecule has 0 spiro atoms. The van der Waals surface area contributed by atoms with Gasteiger partial charge in [0.1, 0.15) is 0 Å². The standard InChI is InChI=1S/C11H21NO4/c1-8-5-12(6-9(2)16-8)10(13)11(3,14)7-15-4/h8-9,14H,5-7H2,1-4H3/t8-,9+,11-/m0/s1. The van der Waals surface area contributed by atoms with Gasteiger partial charge >= 0.3 is 0 Å². The Bertz CT molecular complexity index is 244. The molecule has 1 amide bonds. The zero-order valence-electron chi connectivity index (χ0n) is 10.4. The van der Waals surface area contributed by atoms with Crippen molar-refractivity contribution in [2.24, 2.45) is 0 Å². The van der Waals surface area contributed by atoms with Gasteiger partial charge in [0.25, 0.3) is 5.91 Å². The molecule has 1 rings (SSSR count). The van der Waals surface area contributed by atoms with Crippen molar-refractivity contribution in [3.8, 4) is 0 Å². The molecule has 0 unspecified atom stereocenters. The fourth-order valence-electron chi connectivity index (χ4n) is 2.03. The summed E-state index contributed by atoms with van der Waals surface area (Å²) < 4.78 is 10.4. The molecule has 1 aliphatic rings. The molecular weight excluding hydrogens is 210 g/mol. The lowest BCUT2D eigenvalue weighted by Crippen LogP contribution is -2.56. The molecule has 94 valence electrons. The molecule has 3 atom stereocenters. The van der Waals surface area contributed by atoms with Crippen molar-refractivity contribution in [3.63, 3.8) is 0 Å². The van der Waals surface area contributed by atoms with Gasteiger partial charge in [0.15, 0.2) is 5.60 Å². The monoisotopic (exact) mass is 231 g/mol. The summed E-state index contributed by atoms with van der Waals surface area (Å²) in [7, 11) is 1.46. The number of hydrogen-bond acceptors (Lipinski definition) is 4. The summed E-state index contributed by atoms with van der Waals surface area (Å²) in [6.07, 6.45) is 0.0112. The molecule has 1 aliphatic heterocycles. The van der Waals surface area contributed by atoms with Crippen molar-refractivity contribution in [3.05, 3.63) is 0 Å². The van der Waals surface area contributed by atoms with Gasteiger partial charge in [-0.25, -0.2) is 0 Å². The predicted octanol–water partition coefficient (Wildman–Crippen LogP) is 0.0196. The lowest BCUT2D eigenvalue weighted by molar-refractivity contribution is -0.165. The highest BCUT2D eigenvalue weighted by Crippen LogP contribution is 2.16. The zero-order chi connectivity index (χ0) is 12.3. The third kappa shape index (κ3) is 3.17. The number of carbonyl (C=O) groups is 1. The Morgan fingerprint density at radius 3 is 2.44 bits per heavy atom. The number of ether oxygens (including phenoxy) is 2. The molecule has 1 N–H and O–H groups in total. The van der Waals surface area contributed by atoms with Crippen molar-refractivity contribution >= 4 is 5.91 Å². The van der Waals surface area contributed by atoms with Gasteiger partial charge < -0.3 is 19.5 Å². The SMILES string of the molecule is COC[C@](C)(O)C(=O)N1C[C@@H](C)O[C@@H](C)C1. The average Bonchev–Trinajstić information content (AvgIpc) is 2.14. The fraction of sp³-hybridized carbons (Fsp3) is 0.909. The normalized spacial score (nSPS) is 29.9. The van der Waals surface area contributed by atoms with E-state index in [1.54, 1.807) is 4.90 Å². The van der Waals surface area contributed by atoms with Crippen LogP contribution in [0.5, 0.6) is 0 Å². The van der Waals surface area contributed by atoms with E-state index >= 15 is 0 Å². The number of nitrogens with zero attached hydrogens (tertiary/aromatic N) is 1. The highest BCUT2D eigenvalue weighted by atomic mass is 16.5. The molecule has 0 bridgehead atoms. The van der Waals surface area contributed by atoms with Crippen LogP contribution in [0.4, 0.5) is 0 Å². The Hall–Kier alpha value is -0.650. The van der Waals surface area contributed by atoms with Gasteiger partial charge in [0.2, 0.25) is 0 Å². The topological polar surface area (TPSA) is 59.0 Å².